The molecular weight excluding hydrogens is 382 g/mol. The second-order valence-corrected chi connectivity index (χ2v) is 10.9. The molecule has 150 valence electrons. The summed E-state index contributed by atoms with van der Waals surface area (Å²) in [5.74, 6) is 0.338. The van der Waals surface area contributed by atoms with Crippen molar-refractivity contribution in [2.45, 2.75) is 61.2 Å². The SMILES string of the molecule is O=C([C@H]1CC[C@H](NS(=O)(=O)c2cccs2)CC1)N1CCN(C2CCC2)CC1. The summed E-state index contributed by atoms with van der Waals surface area (Å²) < 4.78 is 27.9. The molecule has 3 aliphatic rings. The molecule has 0 unspecified atom stereocenters. The third-order valence-corrected chi connectivity index (χ3v) is 9.29. The summed E-state index contributed by atoms with van der Waals surface area (Å²) in [6.45, 7) is 3.71. The van der Waals surface area contributed by atoms with E-state index in [1.165, 1.54) is 30.6 Å². The molecule has 8 heteroatoms. The Morgan fingerprint density at radius 3 is 2.30 bits per heavy atom. The fourth-order valence-corrected chi connectivity index (χ4v) is 6.78. The zero-order valence-electron chi connectivity index (χ0n) is 15.7. The second kappa shape index (κ2) is 8.19. The standard InChI is InChI=1S/C19H29N3O3S2/c23-19(22-12-10-21(11-13-22)17-3-1-4-17)15-6-8-16(9-7-15)20-27(24,25)18-5-2-14-26-18/h2,5,14-17,20H,1,3-4,6-13H2/t15-,16-. The van der Waals surface area contributed by atoms with Crippen molar-refractivity contribution < 1.29 is 13.2 Å². The predicted molar refractivity (Wildman–Crippen MR) is 106 cm³/mol. The molecule has 4 rings (SSSR count). The van der Waals surface area contributed by atoms with Crippen LogP contribution in [-0.2, 0) is 14.8 Å². The Hall–Kier alpha value is -0.960. The third kappa shape index (κ3) is 4.39. The molecule has 2 aliphatic carbocycles. The molecule has 1 amide bonds. The number of carbonyl (C=O) groups is 1. The summed E-state index contributed by atoms with van der Waals surface area (Å²) in [7, 11) is -3.42. The van der Waals surface area contributed by atoms with E-state index in [2.05, 4.69) is 9.62 Å². The Balaban J connectivity index is 1.24. The smallest absolute Gasteiger partial charge is 0.250 e. The Morgan fingerprint density at radius 1 is 1.04 bits per heavy atom. The van der Waals surface area contributed by atoms with Crippen molar-refractivity contribution in [1.82, 2.24) is 14.5 Å². The highest BCUT2D eigenvalue weighted by molar-refractivity contribution is 7.91. The van der Waals surface area contributed by atoms with Gasteiger partial charge in [0.2, 0.25) is 15.9 Å². The minimum atomic E-state index is -3.42. The van der Waals surface area contributed by atoms with Gasteiger partial charge in [-0.2, -0.15) is 0 Å². The van der Waals surface area contributed by atoms with Gasteiger partial charge in [-0.25, -0.2) is 13.1 Å². The normalized spacial score (nSPS) is 28.1. The zero-order valence-corrected chi connectivity index (χ0v) is 17.3. The molecule has 27 heavy (non-hydrogen) atoms. The highest BCUT2D eigenvalue weighted by Crippen LogP contribution is 2.29. The van der Waals surface area contributed by atoms with Crippen molar-refractivity contribution in [1.29, 1.82) is 0 Å². The lowest BCUT2D eigenvalue weighted by molar-refractivity contribution is -0.139. The van der Waals surface area contributed by atoms with Gasteiger partial charge in [-0.3, -0.25) is 9.69 Å². The lowest BCUT2D eigenvalue weighted by atomic mass is 9.85. The largest absolute Gasteiger partial charge is 0.340 e. The fourth-order valence-electron chi connectivity index (χ4n) is 4.47. The van der Waals surface area contributed by atoms with Crippen LogP contribution in [0.3, 0.4) is 0 Å². The molecule has 0 aromatic carbocycles. The topological polar surface area (TPSA) is 69.7 Å². The Bertz CT molecular complexity index is 730. The number of hydrogen-bond donors (Lipinski definition) is 1. The van der Waals surface area contributed by atoms with Crippen molar-refractivity contribution in [3.8, 4) is 0 Å². The molecule has 2 heterocycles. The van der Waals surface area contributed by atoms with Gasteiger partial charge in [-0.15, -0.1) is 11.3 Å². The highest BCUT2D eigenvalue weighted by atomic mass is 32.2. The van der Waals surface area contributed by atoms with Crippen molar-refractivity contribution in [3.63, 3.8) is 0 Å². The van der Waals surface area contributed by atoms with E-state index >= 15 is 0 Å². The minimum Gasteiger partial charge on any atom is -0.340 e. The first-order chi connectivity index (χ1) is 13.0. The quantitative estimate of drug-likeness (QED) is 0.807. The van der Waals surface area contributed by atoms with Crippen LogP contribution in [0.25, 0.3) is 0 Å². The van der Waals surface area contributed by atoms with Gasteiger partial charge in [0.25, 0.3) is 0 Å². The van der Waals surface area contributed by atoms with E-state index in [-0.39, 0.29) is 17.9 Å². The van der Waals surface area contributed by atoms with Crippen LogP contribution in [0, 0.1) is 5.92 Å². The van der Waals surface area contributed by atoms with Crippen molar-refractivity contribution >= 4 is 27.3 Å². The summed E-state index contributed by atoms with van der Waals surface area (Å²) in [5.41, 5.74) is 0. The molecule has 0 radical (unpaired) electrons. The Kier molecular flexibility index (Phi) is 5.87. The number of piperazine rings is 1. The molecule has 1 aromatic heterocycles. The van der Waals surface area contributed by atoms with Crippen LogP contribution < -0.4 is 4.72 Å². The fraction of sp³-hybridized carbons (Fsp3) is 0.737. The molecule has 1 aromatic rings. The van der Waals surface area contributed by atoms with Crippen molar-refractivity contribution in [2.75, 3.05) is 26.2 Å². The van der Waals surface area contributed by atoms with E-state index in [0.29, 0.717) is 4.21 Å². The predicted octanol–water partition coefficient (Wildman–Crippen LogP) is 2.28. The van der Waals surface area contributed by atoms with Crippen molar-refractivity contribution in [3.05, 3.63) is 17.5 Å². The maximum atomic E-state index is 12.9. The van der Waals surface area contributed by atoms with Crippen molar-refractivity contribution in [2.24, 2.45) is 5.92 Å². The van der Waals surface area contributed by atoms with E-state index in [1.54, 1.807) is 17.5 Å². The van der Waals surface area contributed by atoms with Gasteiger partial charge in [-0.05, 0) is 50.0 Å². The second-order valence-electron chi connectivity index (χ2n) is 8.05. The van der Waals surface area contributed by atoms with Crippen LogP contribution in [0.1, 0.15) is 44.9 Å². The van der Waals surface area contributed by atoms with E-state index in [0.717, 1.165) is 57.9 Å². The molecule has 0 spiro atoms. The average molecular weight is 412 g/mol. The zero-order chi connectivity index (χ0) is 18.9. The van der Waals surface area contributed by atoms with Crippen LogP contribution >= 0.6 is 11.3 Å². The van der Waals surface area contributed by atoms with E-state index in [9.17, 15) is 13.2 Å². The van der Waals surface area contributed by atoms with E-state index in [4.69, 9.17) is 0 Å². The van der Waals surface area contributed by atoms with Gasteiger partial charge in [0, 0.05) is 44.2 Å². The van der Waals surface area contributed by atoms with Crippen LogP contribution in [0.15, 0.2) is 21.7 Å². The number of sulfonamides is 1. The third-order valence-electron chi connectivity index (χ3n) is 6.38. The number of hydrogen-bond acceptors (Lipinski definition) is 5. The summed E-state index contributed by atoms with van der Waals surface area (Å²) in [5, 5.41) is 1.77. The molecule has 2 saturated carbocycles. The van der Waals surface area contributed by atoms with Gasteiger partial charge in [0.1, 0.15) is 4.21 Å². The van der Waals surface area contributed by atoms with Crippen LogP contribution in [0.2, 0.25) is 0 Å². The number of nitrogens with zero attached hydrogens (tertiary/aromatic N) is 2. The van der Waals surface area contributed by atoms with Gasteiger partial charge >= 0.3 is 0 Å². The number of carbonyl (C=O) groups excluding carboxylic acids is 1. The number of nitrogens with one attached hydrogen (secondary N) is 1. The monoisotopic (exact) mass is 411 g/mol. The summed E-state index contributed by atoms with van der Waals surface area (Å²) in [4.78, 5) is 17.4. The van der Waals surface area contributed by atoms with Gasteiger partial charge in [0.05, 0.1) is 0 Å². The summed E-state index contributed by atoms with van der Waals surface area (Å²) in [6.07, 6.45) is 7.02. The first-order valence-electron chi connectivity index (χ1n) is 10.1. The molecule has 3 fully saturated rings. The average Bonchev–Trinajstić information content (AvgIpc) is 3.16. The van der Waals surface area contributed by atoms with E-state index < -0.39 is 10.0 Å². The molecule has 0 atom stereocenters. The van der Waals surface area contributed by atoms with E-state index in [1.807, 2.05) is 4.90 Å². The lowest BCUT2D eigenvalue weighted by Gasteiger charge is -2.44. The highest BCUT2D eigenvalue weighted by Gasteiger charge is 2.34. The number of rotatable bonds is 5. The van der Waals surface area contributed by atoms with Gasteiger partial charge in [0.15, 0.2) is 0 Å². The Morgan fingerprint density at radius 2 is 1.74 bits per heavy atom. The van der Waals surface area contributed by atoms with Crippen LogP contribution in [0.5, 0.6) is 0 Å². The summed E-state index contributed by atoms with van der Waals surface area (Å²) in [6, 6.07) is 4.08. The maximum Gasteiger partial charge on any atom is 0.250 e. The molecule has 1 saturated heterocycles. The van der Waals surface area contributed by atoms with Gasteiger partial charge < -0.3 is 4.90 Å². The molecule has 1 aliphatic heterocycles. The number of thiophene rings is 1. The van der Waals surface area contributed by atoms with Crippen LogP contribution in [0.4, 0.5) is 0 Å². The summed E-state index contributed by atoms with van der Waals surface area (Å²) >= 11 is 1.24. The number of amides is 1. The Labute approximate surface area is 166 Å². The van der Waals surface area contributed by atoms with Gasteiger partial charge in [-0.1, -0.05) is 12.5 Å². The lowest BCUT2D eigenvalue weighted by Crippen LogP contribution is -2.54. The first kappa shape index (κ1) is 19.4. The minimum absolute atomic E-state index is 0.0581. The maximum absolute atomic E-state index is 12.9. The molecule has 6 nitrogen and oxygen atoms in total. The molecule has 1 N–H and O–H groups in total. The first-order valence-corrected chi connectivity index (χ1v) is 12.5. The molecular formula is C19H29N3O3S2. The molecule has 0 bridgehead atoms. The van der Waals surface area contributed by atoms with Crippen LogP contribution in [-0.4, -0.2) is 62.4 Å².